The fraction of sp³-hybridized carbons (Fsp3) is 0.308. The summed E-state index contributed by atoms with van der Waals surface area (Å²) in [5, 5.41) is 10.4. The molecule has 3 nitrogen and oxygen atoms in total. The Kier molecular flexibility index (Phi) is 4.41. The minimum atomic E-state index is -4.78. The van der Waals surface area contributed by atoms with E-state index in [1.165, 1.54) is 0 Å². The predicted molar refractivity (Wildman–Crippen MR) is 84.0 cm³/mol. The molecule has 2 rings (SSSR count). The molecule has 7 heteroatoms. The molecule has 0 heterocycles. The number of amides is 1. The predicted octanol–water partition coefficient (Wildman–Crippen LogP) is 2.54. The van der Waals surface area contributed by atoms with Crippen molar-refractivity contribution in [2.24, 2.45) is 5.73 Å². The average Bonchev–Trinajstić information content (AvgIpc) is 2.82. The summed E-state index contributed by atoms with van der Waals surface area (Å²) in [5.74, 6) is -2.51. The summed E-state index contributed by atoms with van der Waals surface area (Å²) >= 11 is -4.78. The van der Waals surface area contributed by atoms with Crippen LogP contribution in [0, 0.1) is 0 Å². The van der Waals surface area contributed by atoms with Crippen LogP contribution in [0.2, 0.25) is 13.1 Å². The molecule has 0 saturated heterocycles. The molecule has 109 valence electrons. The number of primary amides is 1. The summed E-state index contributed by atoms with van der Waals surface area (Å²) in [6, 6.07) is 7.80. The van der Waals surface area contributed by atoms with Gasteiger partial charge in [0.05, 0.1) is 0 Å². The normalized spacial score (nSPS) is 21.3. The van der Waals surface area contributed by atoms with E-state index in [0.29, 0.717) is 0 Å². The van der Waals surface area contributed by atoms with Crippen LogP contribution in [0.3, 0.4) is 0 Å². The third-order valence-corrected chi connectivity index (χ3v) is 54.9. The summed E-state index contributed by atoms with van der Waals surface area (Å²) < 4.78 is -1.66. The number of benzene rings is 1. The minimum absolute atomic E-state index is 0.245. The van der Waals surface area contributed by atoms with Gasteiger partial charge in [-0.3, -0.25) is 0 Å². The van der Waals surface area contributed by atoms with Crippen LogP contribution >= 0.6 is 17.0 Å². The van der Waals surface area contributed by atoms with Crippen LogP contribution in [-0.2, 0) is 20.4 Å². The number of hydrogen-bond acceptors (Lipinski definition) is 2. The Labute approximate surface area is 127 Å². The molecule has 0 fully saturated rings. The topological polar surface area (TPSA) is 63.3 Å². The van der Waals surface area contributed by atoms with Crippen LogP contribution in [0.25, 0.3) is 6.08 Å². The molecule has 1 aliphatic rings. The van der Waals surface area contributed by atoms with E-state index in [1.54, 1.807) is 0 Å². The number of aliphatic hydroxyl groups excluding tert-OH is 1. The van der Waals surface area contributed by atoms with Gasteiger partial charge in [-0.05, 0) is 0 Å². The standard InChI is InChI=1S/C9H7.C2H4NO2.C2H7Si.2ClH.Zr/c1-2-5-9-7-3-6-8(9)4-1;3-2(5)1-4;1-3-2;;;/h1-7H;1,4H,(H2,3,5);3H,1-2H3;2*1H;/q;;;;;+2/p-2. The van der Waals surface area contributed by atoms with Gasteiger partial charge in [0.15, 0.2) is 0 Å². The molecule has 0 aliphatic heterocycles. The van der Waals surface area contributed by atoms with Crippen LogP contribution in [-0.4, -0.2) is 20.7 Å². The number of nitrogens with two attached hydrogens (primary N) is 1. The van der Waals surface area contributed by atoms with Crippen molar-refractivity contribution in [1.82, 2.24) is 0 Å². The first-order valence-corrected chi connectivity index (χ1v) is 22.8. The van der Waals surface area contributed by atoms with Crippen molar-refractivity contribution in [2.75, 3.05) is 0 Å². The van der Waals surface area contributed by atoms with E-state index < -0.39 is 31.2 Å². The molecular formula is C13H18Cl2NO2SiZr. The van der Waals surface area contributed by atoms with E-state index in [0.717, 1.165) is 11.1 Å². The van der Waals surface area contributed by atoms with Gasteiger partial charge in [-0.1, -0.05) is 0 Å². The van der Waals surface area contributed by atoms with Crippen molar-refractivity contribution in [2.45, 2.75) is 20.5 Å². The average molecular weight is 411 g/mol. The Balaban J connectivity index is 2.62. The van der Waals surface area contributed by atoms with E-state index in [-0.39, 0.29) is 3.63 Å². The first-order chi connectivity index (χ1) is 9.19. The molecule has 1 aromatic rings. The zero-order chi connectivity index (χ0) is 15.2. The zero-order valence-corrected chi connectivity index (χ0v) is 16.5. The molecule has 0 spiro atoms. The number of carbonyl (C=O) groups is 1. The van der Waals surface area contributed by atoms with Crippen LogP contribution in [0.15, 0.2) is 30.3 Å². The van der Waals surface area contributed by atoms with E-state index in [4.69, 9.17) is 22.8 Å². The van der Waals surface area contributed by atoms with Gasteiger partial charge < -0.3 is 0 Å². The molecule has 1 amide bonds. The molecule has 2 atom stereocenters. The van der Waals surface area contributed by atoms with Gasteiger partial charge in [-0.15, -0.1) is 0 Å². The Morgan fingerprint density at radius 1 is 1.40 bits per heavy atom. The van der Waals surface area contributed by atoms with Gasteiger partial charge in [0.25, 0.3) is 0 Å². The Morgan fingerprint density at radius 2 is 2.00 bits per heavy atom. The summed E-state index contributed by atoms with van der Waals surface area (Å²) in [5.41, 5.74) is 7.38. The van der Waals surface area contributed by atoms with E-state index in [2.05, 4.69) is 0 Å². The number of rotatable bonds is 4. The molecule has 1 aliphatic carbocycles. The molecule has 3 N–H and O–H groups in total. The van der Waals surface area contributed by atoms with Crippen LogP contribution < -0.4 is 5.73 Å². The fourth-order valence-corrected chi connectivity index (χ4v) is 25.8. The van der Waals surface area contributed by atoms with Crippen LogP contribution in [0.5, 0.6) is 0 Å². The van der Waals surface area contributed by atoms with Crippen molar-refractivity contribution in [3.05, 3.63) is 41.5 Å². The molecule has 20 heavy (non-hydrogen) atoms. The number of allylic oxidation sites excluding steroid dienone is 1. The second-order valence-corrected chi connectivity index (χ2v) is 48.2. The number of fused-ring (bicyclic) bond motifs is 1. The summed E-state index contributed by atoms with van der Waals surface area (Å²) in [4.78, 5) is 11.6. The van der Waals surface area contributed by atoms with Crippen molar-refractivity contribution in [3.8, 4) is 0 Å². The molecule has 0 saturated carbocycles. The van der Waals surface area contributed by atoms with Gasteiger partial charge >= 0.3 is 128 Å². The monoisotopic (exact) mass is 408 g/mol. The zero-order valence-electron chi connectivity index (χ0n) is 11.4. The van der Waals surface area contributed by atoms with E-state index in [9.17, 15) is 9.90 Å². The summed E-state index contributed by atoms with van der Waals surface area (Å²) in [7, 11) is 13.9. The van der Waals surface area contributed by atoms with Gasteiger partial charge in [0, 0.05) is 0 Å². The first-order valence-electron chi connectivity index (χ1n) is 6.51. The second-order valence-electron chi connectivity index (χ2n) is 5.65. The molecule has 0 radical (unpaired) electrons. The molecule has 1 aromatic carbocycles. The Bertz CT molecular complexity index is 591. The van der Waals surface area contributed by atoms with Gasteiger partial charge in [-0.25, -0.2) is 0 Å². The van der Waals surface area contributed by atoms with Gasteiger partial charge in [0.1, 0.15) is 0 Å². The maximum absolute atomic E-state index is 11.6. The number of carbonyl (C=O) groups excluding carboxylic acids is 1. The molecule has 0 bridgehead atoms. The first kappa shape index (κ1) is 16.4. The molecule has 2 unspecified atom stereocenters. The third kappa shape index (κ3) is 2.28. The van der Waals surface area contributed by atoms with Gasteiger partial charge in [0.2, 0.25) is 0 Å². The van der Waals surface area contributed by atoms with Crippen molar-refractivity contribution >= 4 is 34.9 Å². The second kappa shape index (κ2) is 5.36. The Hall–Kier alpha value is 0.0700. The van der Waals surface area contributed by atoms with E-state index in [1.807, 2.05) is 49.5 Å². The van der Waals surface area contributed by atoms with Crippen molar-refractivity contribution in [1.29, 1.82) is 0 Å². The van der Waals surface area contributed by atoms with E-state index >= 15 is 0 Å². The quantitative estimate of drug-likeness (QED) is 0.750. The maximum atomic E-state index is 11.6. The molecule has 0 aromatic heterocycles. The summed E-state index contributed by atoms with van der Waals surface area (Å²) in [6.45, 7) is 3.98. The van der Waals surface area contributed by atoms with Crippen LogP contribution in [0.4, 0.5) is 0 Å². The number of hydrogen-bond donors (Lipinski definition) is 2. The van der Waals surface area contributed by atoms with Crippen LogP contribution in [0.1, 0.15) is 14.8 Å². The fourth-order valence-electron chi connectivity index (χ4n) is 2.85. The Morgan fingerprint density at radius 3 is 2.55 bits per heavy atom. The van der Waals surface area contributed by atoms with Crippen molar-refractivity contribution in [3.63, 3.8) is 0 Å². The summed E-state index contributed by atoms with van der Waals surface area (Å²) in [6.07, 6.45) is 3.90. The number of aliphatic hydroxyl groups is 1. The SMILES string of the molecule is C[SiH](C)[Zr]([Cl])([Cl])([CH](O)C(N)=O)[CH]1C=Cc2ccccc21. The number of halogens is 2. The third-order valence-electron chi connectivity index (χ3n) is 4.29. The molecular weight excluding hydrogens is 392 g/mol. The van der Waals surface area contributed by atoms with Gasteiger partial charge in [-0.2, -0.15) is 0 Å². The van der Waals surface area contributed by atoms with Crippen molar-refractivity contribution < 1.29 is 25.5 Å².